The van der Waals surface area contributed by atoms with Gasteiger partial charge in [0.15, 0.2) is 0 Å². The molecule has 0 radical (unpaired) electrons. The first-order chi connectivity index (χ1) is 10.1. The van der Waals surface area contributed by atoms with Crippen molar-refractivity contribution in [3.63, 3.8) is 0 Å². The Labute approximate surface area is 156 Å². The molecule has 0 saturated carbocycles. The summed E-state index contributed by atoms with van der Waals surface area (Å²) in [5, 5.41) is 28.6. The Morgan fingerprint density at radius 3 is 0.957 bits per heavy atom. The van der Waals surface area contributed by atoms with Crippen LogP contribution in [0.1, 0.15) is 76.2 Å². The van der Waals surface area contributed by atoms with Gasteiger partial charge in [0.2, 0.25) is 0 Å². The molecule has 0 heterocycles. The van der Waals surface area contributed by atoms with Crippen LogP contribution >= 0.6 is 0 Å². The fraction of sp³-hybridized carbons (Fsp3) is 0.789. The predicted octanol–water partition coefficient (Wildman–Crippen LogP) is 2.45. The van der Waals surface area contributed by atoms with E-state index in [2.05, 4.69) is 55.1 Å². The molecule has 0 unspecified atom stereocenters. The van der Waals surface area contributed by atoms with Crippen molar-refractivity contribution in [3.05, 3.63) is 20.6 Å². The van der Waals surface area contributed by atoms with Gasteiger partial charge in [-0.2, -0.15) is 0 Å². The molecular formula is C19H36O3Ti. The average Bonchev–Trinajstić information content (AvgIpc) is 2.43. The first-order valence-electron chi connectivity index (χ1n) is 8.17. The van der Waals surface area contributed by atoms with Gasteiger partial charge >= 0.3 is 81.1 Å². The van der Waals surface area contributed by atoms with Crippen LogP contribution in [0.2, 0.25) is 0 Å². The zero-order valence-electron chi connectivity index (χ0n) is 17.0. The van der Waals surface area contributed by atoms with Crippen LogP contribution in [0.5, 0.6) is 0 Å². The molecule has 0 spiro atoms. The second-order valence-corrected chi connectivity index (χ2v) is 7.80. The number of allylic oxidation sites excluding steroid dienone is 4. The third-order valence-corrected chi connectivity index (χ3v) is 4.62. The molecule has 0 atom stereocenters. The Morgan fingerprint density at radius 1 is 0.696 bits per heavy atom. The summed E-state index contributed by atoms with van der Waals surface area (Å²) in [5.74, 6) is 0. The van der Waals surface area contributed by atoms with Gasteiger partial charge in [0.1, 0.15) is 0 Å². The Hall–Kier alpha value is 0.0743. The van der Waals surface area contributed by atoms with Gasteiger partial charge in [-0.3, -0.25) is 0 Å². The number of hydrogen-bond acceptors (Lipinski definition) is 3. The van der Waals surface area contributed by atoms with Gasteiger partial charge in [0, 0.05) is 0 Å². The zero-order valence-corrected chi connectivity index (χ0v) is 18.5. The molecule has 0 N–H and O–H groups in total. The van der Waals surface area contributed by atoms with Gasteiger partial charge in [-0.1, -0.05) is 41.5 Å². The minimum absolute atomic E-state index is 0.314. The normalized spacial score (nSPS) is 16.0. The second-order valence-electron chi connectivity index (χ2n) is 7.02. The van der Waals surface area contributed by atoms with E-state index in [1.54, 1.807) is 41.5 Å². The first kappa shape index (κ1) is 27.9. The molecule has 0 saturated heterocycles. The standard InChI is InChI=1S/C10H15.3C3H7O.Ti/c1-7-6-10(4,5)9(3)8(7)2;3*1-3(2)4;/h1-5H3;3*3H,1-2H3;/q;3*-1;+3. The molecule has 4 heteroatoms. The van der Waals surface area contributed by atoms with Crippen LogP contribution in [0.3, 0.4) is 0 Å². The van der Waals surface area contributed by atoms with E-state index < -0.39 is 18.3 Å². The van der Waals surface area contributed by atoms with E-state index in [0.29, 0.717) is 5.41 Å². The molecule has 0 fully saturated rings. The van der Waals surface area contributed by atoms with Crippen molar-refractivity contribution in [2.45, 2.75) is 94.5 Å². The molecule has 0 aromatic heterocycles. The molecule has 1 rings (SSSR count). The van der Waals surface area contributed by atoms with E-state index in [0.717, 1.165) is 0 Å². The van der Waals surface area contributed by atoms with E-state index >= 15 is 0 Å². The van der Waals surface area contributed by atoms with Gasteiger partial charge in [-0.05, 0) is 0 Å². The third-order valence-electron chi connectivity index (χ3n) is 3.06. The average molecular weight is 360 g/mol. The number of hydrogen-bond donors (Lipinski definition) is 0. The Bertz CT molecular complexity index is 330. The van der Waals surface area contributed by atoms with Crippen LogP contribution < -0.4 is 15.3 Å². The summed E-state index contributed by atoms with van der Waals surface area (Å²) < 4.78 is 1.53. The van der Waals surface area contributed by atoms with Gasteiger partial charge in [0.05, 0.1) is 0 Å². The summed E-state index contributed by atoms with van der Waals surface area (Å²) in [4.78, 5) is 0. The quantitative estimate of drug-likeness (QED) is 0.623. The van der Waals surface area contributed by atoms with Gasteiger partial charge in [0.25, 0.3) is 0 Å². The molecule has 1 aliphatic carbocycles. The van der Waals surface area contributed by atoms with Gasteiger partial charge in [-0.15, -0.1) is 18.3 Å². The fourth-order valence-corrected chi connectivity index (χ4v) is 2.18. The molecule has 23 heavy (non-hydrogen) atoms. The van der Waals surface area contributed by atoms with Crippen LogP contribution in [0, 0.1) is 5.41 Å². The number of rotatable bonds is 0. The van der Waals surface area contributed by atoms with E-state index in [1.165, 1.54) is 20.6 Å². The topological polar surface area (TPSA) is 69.2 Å². The molecular weight excluding hydrogens is 324 g/mol. The fourth-order valence-electron chi connectivity index (χ4n) is 1.59. The molecule has 1 aliphatic rings. The van der Waals surface area contributed by atoms with Crippen LogP contribution in [0.15, 0.2) is 20.6 Å². The van der Waals surface area contributed by atoms with Crippen molar-refractivity contribution in [1.29, 1.82) is 0 Å². The van der Waals surface area contributed by atoms with Gasteiger partial charge in [-0.25, -0.2) is 0 Å². The summed E-state index contributed by atoms with van der Waals surface area (Å²) in [6.45, 7) is 21.0. The maximum absolute atomic E-state index is 9.53. The molecule has 0 aliphatic heterocycles. The third kappa shape index (κ3) is 15.3. The van der Waals surface area contributed by atoms with Crippen molar-refractivity contribution in [2.24, 2.45) is 5.41 Å². The second kappa shape index (κ2) is 13.4. The van der Waals surface area contributed by atoms with Crippen molar-refractivity contribution in [2.75, 3.05) is 0 Å². The molecule has 0 aromatic carbocycles. The van der Waals surface area contributed by atoms with E-state index in [4.69, 9.17) is 0 Å². The van der Waals surface area contributed by atoms with Crippen LogP contribution in [-0.2, 0) is 20.4 Å². The first-order valence-corrected chi connectivity index (χ1v) is 8.95. The Balaban J connectivity index is -0.000000278. The molecule has 0 bridgehead atoms. The van der Waals surface area contributed by atoms with Crippen LogP contribution in [0.25, 0.3) is 0 Å². The summed E-state index contributed by atoms with van der Waals surface area (Å²) in [6, 6.07) is 0. The van der Waals surface area contributed by atoms with E-state index in [-0.39, 0.29) is 0 Å². The van der Waals surface area contributed by atoms with Gasteiger partial charge < -0.3 is 15.3 Å². The zero-order chi connectivity index (χ0) is 19.5. The van der Waals surface area contributed by atoms with Crippen molar-refractivity contribution < 1.29 is 35.8 Å². The maximum atomic E-state index is 9.53. The predicted molar refractivity (Wildman–Crippen MR) is 90.3 cm³/mol. The summed E-state index contributed by atoms with van der Waals surface area (Å²) >= 11 is 2.25. The van der Waals surface area contributed by atoms with Crippen molar-refractivity contribution in [3.8, 4) is 0 Å². The van der Waals surface area contributed by atoms with Crippen molar-refractivity contribution >= 4 is 0 Å². The Morgan fingerprint density at radius 2 is 0.913 bits per heavy atom. The summed E-state index contributed by atoms with van der Waals surface area (Å²) in [6.07, 6.45) is -1.25. The van der Waals surface area contributed by atoms with Crippen LogP contribution in [-0.4, -0.2) is 18.3 Å². The monoisotopic (exact) mass is 360 g/mol. The molecule has 0 aromatic rings. The minimum atomic E-state index is -0.417. The summed E-state index contributed by atoms with van der Waals surface area (Å²) in [5.41, 5.74) is 4.83. The molecule has 134 valence electrons. The van der Waals surface area contributed by atoms with E-state index in [9.17, 15) is 15.3 Å². The molecule has 3 nitrogen and oxygen atoms in total. The van der Waals surface area contributed by atoms with E-state index in [1.807, 2.05) is 0 Å². The summed E-state index contributed by atoms with van der Waals surface area (Å²) in [7, 11) is 0. The molecule has 0 amide bonds. The van der Waals surface area contributed by atoms with Crippen LogP contribution in [0.4, 0.5) is 0 Å². The van der Waals surface area contributed by atoms with Crippen molar-refractivity contribution in [1.82, 2.24) is 0 Å². The Kier molecular flexibility index (Phi) is 16.2. The SMILES string of the molecule is CC(C)[O-].CC(C)[O-].CC(C)[O-].CC1=C(C)C(C)(C)[C]([Ti+3])=C1C.